The quantitative estimate of drug-likeness (QED) is 0.894. The van der Waals surface area contributed by atoms with E-state index in [0.29, 0.717) is 16.8 Å². The van der Waals surface area contributed by atoms with Crippen molar-refractivity contribution in [2.45, 2.75) is 12.5 Å². The Balaban J connectivity index is 1.81. The Morgan fingerprint density at radius 2 is 2.10 bits per heavy atom. The van der Waals surface area contributed by atoms with E-state index in [1.807, 2.05) is 24.3 Å². The molecule has 3 nitrogen and oxygen atoms in total. The predicted molar refractivity (Wildman–Crippen MR) is 81.6 cm³/mol. The zero-order valence-corrected chi connectivity index (χ0v) is 12.7. The van der Waals surface area contributed by atoms with Crippen molar-refractivity contribution in [3.05, 3.63) is 63.9 Å². The van der Waals surface area contributed by atoms with Crippen LogP contribution in [-0.4, -0.2) is 12.5 Å². The fraction of sp³-hybridized carbons (Fsp3) is 0.188. The highest BCUT2D eigenvalue weighted by atomic mass is 79.9. The van der Waals surface area contributed by atoms with Gasteiger partial charge < -0.3 is 10.1 Å². The molecule has 1 N–H and O–H groups in total. The van der Waals surface area contributed by atoms with Gasteiger partial charge in [0.2, 0.25) is 0 Å². The molecule has 0 radical (unpaired) electrons. The number of hydrogen-bond acceptors (Lipinski definition) is 2. The van der Waals surface area contributed by atoms with Crippen LogP contribution in [-0.2, 0) is 16.0 Å². The zero-order chi connectivity index (χ0) is 14.8. The lowest BCUT2D eigenvalue weighted by molar-refractivity contribution is -0.128. The third kappa shape index (κ3) is 2.99. The van der Waals surface area contributed by atoms with Gasteiger partial charge in [0, 0.05) is 5.69 Å². The van der Waals surface area contributed by atoms with Gasteiger partial charge in [0.1, 0.15) is 5.82 Å². The summed E-state index contributed by atoms with van der Waals surface area (Å²) in [5, 5.41) is 2.76. The minimum atomic E-state index is -0.626. The molecule has 0 bridgehead atoms. The maximum absolute atomic E-state index is 13.2. The van der Waals surface area contributed by atoms with Crippen molar-refractivity contribution in [1.82, 2.24) is 0 Å². The molecule has 108 valence electrons. The average Bonchev–Trinajstić information content (AvgIpc) is 2.50. The monoisotopic (exact) mass is 349 g/mol. The number of carbonyl (C=O) groups excluding carboxylic acids is 1. The molecule has 2 aromatic rings. The third-order valence-electron chi connectivity index (χ3n) is 3.42. The van der Waals surface area contributed by atoms with Crippen LogP contribution in [0.4, 0.5) is 10.1 Å². The number of fused-ring (bicyclic) bond motifs is 1. The lowest BCUT2D eigenvalue weighted by Gasteiger charge is -2.25. The molecule has 0 saturated heterocycles. The van der Waals surface area contributed by atoms with Crippen molar-refractivity contribution in [3.63, 3.8) is 0 Å². The Morgan fingerprint density at radius 3 is 2.90 bits per heavy atom. The molecule has 21 heavy (non-hydrogen) atoms. The first kappa shape index (κ1) is 14.2. The normalized spacial score (nSPS) is 17.1. The molecule has 1 aliphatic rings. The standard InChI is InChI=1S/C16H13BrFNO2/c17-13-9-11(5-6-14(13)18)19-16(20)15-12-4-2-1-3-10(12)7-8-21-15/h1-6,9,15H,7-8H2,(H,19,20). The summed E-state index contributed by atoms with van der Waals surface area (Å²) in [6, 6.07) is 12.1. The molecule has 1 aliphatic heterocycles. The average molecular weight is 350 g/mol. The van der Waals surface area contributed by atoms with E-state index in [0.717, 1.165) is 17.5 Å². The Hall–Kier alpha value is -1.72. The smallest absolute Gasteiger partial charge is 0.258 e. The molecule has 3 rings (SSSR count). The molecular weight excluding hydrogens is 337 g/mol. The number of rotatable bonds is 2. The van der Waals surface area contributed by atoms with Crippen molar-refractivity contribution in [2.75, 3.05) is 11.9 Å². The summed E-state index contributed by atoms with van der Waals surface area (Å²) in [6.45, 7) is 0.516. The Morgan fingerprint density at radius 1 is 1.29 bits per heavy atom. The van der Waals surface area contributed by atoms with E-state index in [4.69, 9.17) is 4.74 Å². The summed E-state index contributed by atoms with van der Waals surface area (Å²) in [6.07, 6.45) is 0.181. The van der Waals surface area contributed by atoms with Crippen molar-refractivity contribution >= 4 is 27.5 Å². The minimum Gasteiger partial charge on any atom is -0.363 e. The van der Waals surface area contributed by atoms with E-state index in [1.54, 1.807) is 0 Å². The molecule has 0 spiro atoms. The third-order valence-corrected chi connectivity index (χ3v) is 4.03. The largest absolute Gasteiger partial charge is 0.363 e. The van der Waals surface area contributed by atoms with Crippen molar-refractivity contribution < 1.29 is 13.9 Å². The van der Waals surface area contributed by atoms with Crippen LogP contribution >= 0.6 is 15.9 Å². The van der Waals surface area contributed by atoms with Crippen LogP contribution < -0.4 is 5.32 Å². The molecule has 0 aliphatic carbocycles. The minimum absolute atomic E-state index is 0.249. The van der Waals surface area contributed by atoms with Gasteiger partial charge >= 0.3 is 0 Å². The van der Waals surface area contributed by atoms with Crippen LogP contribution in [0.5, 0.6) is 0 Å². The van der Waals surface area contributed by atoms with Gasteiger partial charge in [-0.05, 0) is 51.7 Å². The second-order valence-corrected chi connectivity index (χ2v) is 5.67. The van der Waals surface area contributed by atoms with E-state index in [1.165, 1.54) is 18.2 Å². The molecule has 1 unspecified atom stereocenters. The van der Waals surface area contributed by atoms with Gasteiger partial charge in [-0.1, -0.05) is 24.3 Å². The van der Waals surface area contributed by atoms with Crippen LogP contribution in [0.25, 0.3) is 0 Å². The summed E-state index contributed by atoms with van der Waals surface area (Å²) in [5.74, 6) is -0.618. The topological polar surface area (TPSA) is 38.3 Å². The second kappa shape index (κ2) is 5.95. The number of anilines is 1. The SMILES string of the molecule is O=C(Nc1ccc(F)c(Br)c1)C1OCCc2ccccc21. The molecule has 5 heteroatoms. The van der Waals surface area contributed by atoms with Gasteiger partial charge in [0.25, 0.3) is 5.91 Å². The molecule has 1 amide bonds. The summed E-state index contributed by atoms with van der Waals surface area (Å²) >= 11 is 3.10. The van der Waals surface area contributed by atoms with E-state index in [2.05, 4.69) is 21.2 Å². The molecule has 0 aromatic heterocycles. The molecule has 2 aromatic carbocycles. The first-order valence-electron chi connectivity index (χ1n) is 6.60. The number of hydrogen-bond donors (Lipinski definition) is 1. The van der Waals surface area contributed by atoms with Gasteiger partial charge in [-0.25, -0.2) is 4.39 Å². The van der Waals surface area contributed by atoms with Crippen molar-refractivity contribution in [3.8, 4) is 0 Å². The second-order valence-electron chi connectivity index (χ2n) is 4.82. The molecule has 0 fully saturated rings. The summed E-state index contributed by atoms with van der Waals surface area (Å²) in [7, 11) is 0. The number of carbonyl (C=O) groups is 1. The lowest BCUT2D eigenvalue weighted by Crippen LogP contribution is -2.28. The number of halogens is 2. The van der Waals surface area contributed by atoms with Gasteiger partial charge in [0.15, 0.2) is 6.10 Å². The fourth-order valence-corrected chi connectivity index (χ4v) is 2.77. The van der Waals surface area contributed by atoms with Gasteiger partial charge in [-0.2, -0.15) is 0 Å². The van der Waals surface area contributed by atoms with Crippen LogP contribution in [0.3, 0.4) is 0 Å². The zero-order valence-electron chi connectivity index (χ0n) is 11.1. The van der Waals surface area contributed by atoms with E-state index in [-0.39, 0.29) is 11.7 Å². The fourth-order valence-electron chi connectivity index (χ4n) is 2.39. The maximum atomic E-state index is 13.2. The van der Waals surface area contributed by atoms with Crippen molar-refractivity contribution in [1.29, 1.82) is 0 Å². The lowest BCUT2D eigenvalue weighted by atomic mass is 9.97. The molecule has 1 atom stereocenters. The Labute approximate surface area is 130 Å². The van der Waals surface area contributed by atoms with E-state index >= 15 is 0 Å². The first-order valence-corrected chi connectivity index (χ1v) is 7.40. The van der Waals surface area contributed by atoms with Gasteiger partial charge in [0.05, 0.1) is 11.1 Å². The molecular formula is C16H13BrFNO2. The number of benzene rings is 2. The summed E-state index contributed by atoms with van der Waals surface area (Å²) < 4.78 is 19.1. The van der Waals surface area contributed by atoms with Crippen LogP contribution in [0.2, 0.25) is 0 Å². The molecule has 1 heterocycles. The highest BCUT2D eigenvalue weighted by molar-refractivity contribution is 9.10. The number of ether oxygens (including phenoxy) is 1. The van der Waals surface area contributed by atoms with E-state index in [9.17, 15) is 9.18 Å². The molecule has 0 saturated carbocycles. The van der Waals surface area contributed by atoms with Crippen LogP contribution in [0, 0.1) is 5.82 Å². The summed E-state index contributed by atoms with van der Waals surface area (Å²) in [4.78, 5) is 12.4. The maximum Gasteiger partial charge on any atom is 0.258 e. The summed E-state index contributed by atoms with van der Waals surface area (Å²) in [5.41, 5.74) is 2.55. The Kier molecular flexibility index (Phi) is 4.03. The van der Waals surface area contributed by atoms with Crippen molar-refractivity contribution in [2.24, 2.45) is 0 Å². The van der Waals surface area contributed by atoms with Gasteiger partial charge in [-0.3, -0.25) is 4.79 Å². The number of nitrogens with one attached hydrogen (secondary N) is 1. The van der Waals surface area contributed by atoms with Gasteiger partial charge in [-0.15, -0.1) is 0 Å². The Bertz CT molecular complexity index is 690. The highest BCUT2D eigenvalue weighted by Crippen LogP contribution is 2.28. The predicted octanol–water partition coefficient (Wildman–Crippen LogP) is 3.84. The van der Waals surface area contributed by atoms with Crippen LogP contribution in [0.15, 0.2) is 46.9 Å². The highest BCUT2D eigenvalue weighted by Gasteiger charge is 2.27. The number of amides is 1. The van der Waals surface area contributed by atoms with E-state index < -0.39 is 6.10 Å². The first-order chi connectivity index (χ1) is 10.1. The van der Waals surface area contributed by atoms with Crippen LogP contribution in [0.1, 0.15) is 17.2 Å².